The van der Waals surface area contributed by atoms with E-state index >= 15 is 0 Å². The molecule has 0 heterocycles. The normalized spacial score (nSPS) is 10.0. The van der Waals surface area contributed by atoms with E-state index in [-0.39, 0.29) is 23.5 Å². The Morgan fingerprint density at radius 1 is 0.957 bits per heavy atom. The maximum absolute atomic E-state index is 12.8. The molecule has 0 aromatic heterocycles. The van der Waals surface area contributed by atoms with Crippen molar-refractivity contribution in [3.8, 4) is 0 Å². The van der Waals surface area contributed by atoms with Crippen LogP contribution in [0.15, 0.2) is 53.4 Å². The van der Waals surface area contributed by atoms with Crippen LogP contribution in [0.5, 0.6) is 0 Å². The lowest BCUT2D eigenvalue weighted by atomic mass is 10.3. The molecule has 23 heavy (non-hydrogen) atoms. The fourth-order valence-electron chi connectivity index (χ4n) is 1.71. The topological polar surface area (TPSA) is 70.2 Å². The van der Waals surface area contributed by atoms with Crippen LogP contribution in [0.1, 0.15) is 0 Å². The fourth-order valence-corrected chi connectivity index (χ4v) is 2.41. The van der Waals surface area contributed by atoms with Crippen molar-refractivity contribution >= 4 is 35.1 Å². The average Bonchev–Trinajstić information content (AvgIpc) is 2.56. The molecule has 0 aliphatic carbocycles. The quantitative estimate of drug-likeness (QED) is 0.735. The van der Waals surface area contributed by atoms with Crippen molar-refractivity contribution in [2.24, 2.45) is 0 Å². The van der Waals surface area contributed by atoms with Crippen LogP contribution in [0.25, 0.3) is 0 Å². The minimum Gasteiger partial charge on any atom is -0.341 e. The molecule has 0 unspecified atom stereocenters. The van der Waals surface area contributed by atoms with Crippen molar-refractivity contribution in [3.63, 3.8) is 0 Å². The minimum atomic E-state index is -0.308. The molecule has 5 nitrogen and oxygen atoms in total. The maximum atomic E-state index is 12.8. The molecule has 2 rings (SSSR count). The van der Waals surface area contributed by atoms with Crippen LogP contribution in [0.3, 0.4) is 0 Å². The van der Waals surface area contributed by atoms with E-state index in [2.05, 4.69) is 16.0 Å². The summed E-state index contributed by atoms with van der Waals surface area (Å²) >= 11 is 1.33. The first-order valence-corrected chi connectivity index (χ1v) is 7.82. The minimum absolute atomic E-state index is 0.161. The van der Waals surface area contributed by atoms with Crippen molar-refractivity contribution in [2.45, 2.75) is 4.90 Å². The molecule has 120 valence electrons. The van der Waals surface area contributed by atoms with Crippen LogP contribution >= 0.6 is 11.8 Å². The first-order valence-electron chi connectivity index (χ1n) is 6.84. The van der Waals surface area contributed by atoms with Gasteiger partial charge in [0.1, 0.15) is 5.82 Å². The molecule has 0 saturated carbocycles. The summed E-state index contributed by atoms with van der Waals surface area (Å²) < 4.78 is 12.8. The summed E-state index contributed by atoms with van der Waals surface area (Å²) in [6.45, 7) is 0. The van der Waals surface area contributed by atoms with Gasteiger partial charge in [-0.2, -0.15) is 0 Å². The molecular weight excluding hydrogens is 317 g/mol. The molecule has 0 saturated heterocycles. The SMILES string of the molecule is CNC(=O)Nc1ccc(NC(=O)CSc2ccc(F)cc2)cc1. The van der Waals surface area contributed by atoms with Gasteiger partial charge in [-0.3, -0.25) is 4.79 Å². The number of anilines is 2. The van der Waals surface area contributed by atoms with Gasteiger partial charge in [0.15, 0.2) is 0 Å². The van der Waals surface area contributed by atoms with Crippen molar-refractivity contribution in [3.05, 3.63) is 54.3 Å². The van der Waals surface area contributed by atoms with E-state index < -0.39 is 0 Å². The van der Waals surface area contributed by atoms with Crippen molar-refractivity contribution in [1.29, 1.82) is 0 Å². The number of hydrogen-bond donors (Lipinski definition) is 3. The highest BCUT2D eigenvalue weighted by molar-refractivity contribution is 8.00. The molecular formula is C16H16FN3O2S. The molecule has 0 aliphatic rings. The zero-order chi connectivity index (χ0) is 16.7. The zero-order valence-corrected chi connectivity index (χ0v) is 13.2. The maximum Gasteiger partial charge on any atom is 0.318 e. The largest absolute Gasteiger partial charge is 0.341 e. The number of thioether (sulfide) groups is 1. The summed E-state index contributed by atoms with van der Waals surface area (Å²) in [5, 5.41) is 7.83. The smallest absolute Gasteiger partial charge is 0.318 e. The molecule has 2 aromatic carbocycles. The van der Waals surface area contributed by atoms with Gasteiger partial charge in [-0.25, -0.2) is 9.18 Å². The number of halogens is 1. The molecule has 0 aliphatic heterocycles. The van der Waals surface area contributed by atoms with E-state index in [0.717, 1.165) is 4.90 Å². The van der Waals surface area contributed by atoms with Gasteiger partial charge in [0.2, 0.25) is 5.91 Å². The Morgan fingerprint density at radius 2 is 1.52 bits per heavy atom. The Labute approximate surface area is 137 Å². The van der Waals surface area contributed by atoms with Crippen molar-refractivity contribution in [1.82, 2.24) is 5.32 Å². The molecule has 0 spiro atoms. The van der Waals surface area contributed by atoms with E-state index in [1.807, 2.05) is 0 Å². The van der Waals surface area contributed by atoms with Crippen LogP contribution in [0.4, 0.5) is 20.6 Å². The Bertz CT molecular complexity index is 675. The fraction of sp³-hybridized carbons (Fsp3) is 0.125. The third-order valence-corrected chi connectivity index (χ3v) is 3.85. The first-order chi connectivity index (χ1) is 11.1. The molecule has 7 heteroatoms. The van der Waals surface area contributed by atoms with Crippen LogP contribution < -0.4 is 16.0 Å². The summed E-state index contributed by atoms with van der Waals surface area (Å²) in [6.07, 6.45) is 0. The lowest BCUT2D eigenvalue weighted by molar-refractivity contribution is -0.113. The van der Waals surface area contributed by atoms with Gasteiger partial charge in [0.25, 0.3) is 0 Å². The number of amides is 3. The highest BCUT2D eigenvalue weighted by Gasteiger charge is 2.05. The highest BCUT2D eigenvalue weighted by Crippen LogP contribution is 2.19. The van der Waals surface area contributed by atoms with Crippen LogP contribution in [0, 0.1) is 5.82 Å². The lowest BCUT2D eigenvalue weighted by Gasteiger charge is -2.07. The first kappa shape index (κ1) is 16.8. The number of hydrogen-bond acceptors (Lipinski definition) is 3. The Hall–Kier alpha value is -2.54. The number of carbonyl (C=O) groups excluding carboxylic acids is 2. The third kappa shape index (κ3) is 5.63. The third-order valence-electron chi connectivity index (χ3n) is 2.84. The molecule has 0 radical (unpaired) electrons. The molecule has 0 fully saturated rings. The van der Waals surface area contributed by atoms with Gasteiger partial charge in [0.05, 0.1) is 5.75 Å². The van der Waals surface area contributed by atoms with Gasteiger partial charge < -0.3 is 16.0 Å². The molecule has 3 amide bonds. The lowest BCUT2D eigenvalue weighted by Crippen LogP contribution is -2.24. The van der Waals surface area contributed by atoms with E-state index in [4.69, 9.17) is 0 Å². The zero-order valence-electron chi connectivity index (χ0n) is 12.4. The van der Waals surface area contributed by atoms with Crippen LogP contribution in [-0.4, -0.2) is 24.7 Å². The van der Waals surface area contributed by atoms with E-state index in [1.54, 1.807) is 36.4 Å². The molecule has 0 atom stereocenters. The Balaban J connectivity index is 1.82. The predicted molar refractivity (Wildman–Crippen MR) is 90.3 cm³/mol. The second-order valence-electron chi connectivity index (χ2n) is 4.57. The summed E-state index contributed by atoms with van der Waals surface area (Å²) in [7, 11) is 1.53. The summed E-state index contributed by atoms with van der Waals surface area (Å²) in [5.74, 6) is -0.236. The molecule has 3 N–H and O–H groups in total. The standard InChI is InChI=1S/C16H16FN3O2S/c1-18-16(22)20-13-6-4-12(5-7-13)19-15(21)10-23-14-8-2-11(17)3-9-14/h2-9H,10H2,1H3,(H,19,21)(H2,18,20,22). The number of nitrogens with one attached hydrogen (secondary N) is 3. The summed E-state index contributed by atoms with van der Waals surface area (Å²) in [5.41, 5.74) is 1.26. The van der Waals surface area contributed by atoms with Crippen molar-refractivity contribution < 1.29 is 14.0 Å². The second-order valence-corrected chi connectivity index (χ2v) is 5.62. The Morgan fingerprint density at radius 3 is 2.09 bits per heavy atom. The Kier molecular flexibility index (Phi) is 5.99. The van der Waals surface area contributed by atoms with E-state index in [9.17, 15) is 14.0 Å². The number of carbonyl (C=O) groups is 2. The highest BCUT2D eigenvalue weighted by atomic mass is 32.2. The predicted octanol–water partition coefficient (Wildman–Crippen LogP) is 3.31. The van der Waals surface area contributed by atoms with Gasteiger partial charge in [-0.15, -0.1) is 11.8 Å². The van der Waals surface area contributed by atoms with Crippen LogP contribution in [0.2, 0.25) is 0 Å². The average molecular weight is 333 g/mol. The number of rotatable bonds is 5. The second kappa shape index (κ2) is 8.19. The van der Waals surface area contributed by atoms with Crippen molar-refractivity contribution in [2.75, 3.05) is 23.4 Å². The number of urea groups is 1. The van der Waals surface area contributed by atoms with Gasteiger partial charge >= 0.3 is 6.03 Å². The number of benzene rings is 2. The molecule has 2 aromatic rings. The van der Waals surface area contributed by atoms with Gasteiger partial charge in [-0.1, -0.05) is 0 Å². The van der Waals surface area contributed by atoms with Gasteiger partial charge in [-0.05, 0) is 48.5 Å². The summed E-state index contributed by atoms with van der Waals surface area (Å²) in [4.78, 5) is 23.9. The van der Waals surface area contributed by atoms with Crippen LogP contribution in [-0.2, 0) is 4.79 Å². The van der Waals surface area contributed by atoms with E-state index in [1.165, 1.54) is 30.9 Å². The van der Waals surface area contributed by atoms with Gasteiger partial charge in [0, 0.05) is 23.3 Å². The van der Waals surface area contributed by atoms with E-state index in [0.29, 0.717) is 11.4 Å². The molecule has 0 bridgehead atoms. The summed E-state index contributed by atoms with van der Waals surface area (Å²) in [6, 6.07) is 12.5. The monoisotopic (exact) mass is 333 g/mol.